The van der Waals surface area contributed by atoms with Crippen LogP contribution < -0.4 is 10.6 Å². The normalized spacial score (nSPS) is 12.9. The Morgan fingerprint density at radius 2 is 2.17 bits per heavy atom. The molecule has 2 rings (SSSR count). The number of aromatic nitrogens is 2. The highest BCUT2D eigenvalue weighted by molar-refractivity contribution is 7.09. The van der Waals surface area contributed by atoms with E-state index in [0.29, 0.717) is 11.9 Å². The van der Waals surface area contributed by atoms with Gasteiger partial charge in [-0.25, -0.2) is 0 Å². The molecule has 0 saturated heterocycles. The highest BCUT2D eigenvalue weighted by Crippen LogP contribution is 2.22. The maximum atomic E-state index is 5.73. The predicted molar refractivity (Wildman–Crippen MR) is 72.5 cm³/mol. The first-order valence-corrected chi connectivity index (χ1v) is 6.84. The minimum absolute atomic E-state index is 0.234. The predicted octanol–water partition coefficient (Wildman–Crippen LogP) is 2.57. The van der Waals surface area contributed by atoms with Crippen LogP contribution in [0.25, 0.3) is 0 Å². The summed E-state index contributed by atoms with van der Waals surface area (Å²) in [5.74, 6) is 0.474. The number of anilines is 1. The zero-order valence-electron chi connectivity index (χ0n) is 10.8. The SMILES string of the molecule is CC(N)c1nnc(N(Cc2cccs2)C(C)C)o1. The van der Waals surface area contributed by atoms with E-state index in [0.717, 1.165) is 6.54 Å². The summed E-state index contributed by atoms with van der Waals surface area (Å²) >= 11 is 1.72. The fourth-order valence-electron chi connectivity index (χ4n) is 1.57. The topological polar surface area (TPSA) is 68.2 Å². The van der Waals surface area contributed by atoms with Gasteiger partial charge in [0.15, 0.2) is 0 Å². The monoisotopic (exact) mass is 266 g/mol. The summed E-state index contributed by atoms with van der Waals surface area (Å²) in [6.07, 6.45) is 0. The van der Waals surface area contributed by atoms with Crippen LogP contribution in [0.1, 0.15) is 37.6 Å². The van der Waals surface area contributed by atoms with Gasteiger partial charge in [-0.3, -0.25) is 0 Å². The lowest BCUT2D eigenvalue weighted by molar-refractivity contribution is 0.446. The van der Waals surface area contributed by atoms with E-state index in [1.165, 1.54) is 4.88 Å². The molecule has 0 bridgehead atoms. The van der Waals surface area contributed by atoms with E-state index in [1.807, 2.05) is 13.0 Å². The first-order chi connectivity index (χ1) is 8.58. The Bertz CT molecular complexity index is 478. The van der Waals surface area contributed by atoms with Crippen molar-refractivity contribution >= 4 is 17.4 Å². The molecule has 5 nitrogen and oxygen atoms in total. The van der Waals surface area contributed by atoms with E-state index >= 15 is 0 Å². The standard InChI is InChI=1S/C12H18N4OS/c1-8(2)16(7-10-5-4-6-18-10)12-15-14-11(17-12)9(3)13/h4-6,8-9H,7,13H2,1-3H3. The van der Waals surface area contributed by atoms with Crippen LogP contribution in [0.3, 0.4) is 0 Å². The Balaban J connectivity index is 2.18. The zero-order chi connectivity index (χ0) is 13.1. The summed E-state index contributed by atoms with van der Waals surface area (Å²) in [5.41, 5.74) is 5.73. The van der Waals surface area contributed by atoms with Crippen LogP contribution in [0.15, 0.2) is 21.9 Å². The van der Waals surface area contributed by atoms with Crippen LogP contribution in [-0.4, -0.2) is 16.2 Å². The lowest BCUT2D eigenvalue weighted by Crippen LogP contribution is -2.30. The Morgan fingerprint density at radius 1 is 1.39 bits per heavy atom. The van der Waals surface area contributed by atoms with Crippen molar-refractivity contribution in [2.75, 3.05) is 4.90 Å². The van der Waals surface area contributed by atoms with Crippen molar-refractivity contribution in [3.05, 3.63) is 28.3 Å². The van der Waals surface area contributed by atoms with Crippen molar-refractivity contribution in [2.24, 2.45) is 5.73 Å². The highest BCUT2D eigenvalue weighted by atomic mass is 32.1. The number of rotatable bonds is 5. The Morgan fingerprint density at radius 3 is 2.67 bits per heavy atom. The number of hydrogen-bond donors (Lipinski definition) is 1. The van der Waals surface area contributed by atoms with E-state index < -0.39 is 0 Å². The lowest BCUT2D eigenvalue weighted by atomic mass is 10.3. The quantitative estimate of drug-likeness (QED) is 0.900. The molecule has 1 unspecified atom stereocenters. The molecule has 2 N–H and O–H groups in total. The van der Waals surface area contributed by atoms with E-state index in [4.69, 9.17) is 10.2 Å². The lowest BCUT2D eigenvalue weighted by Gasteiger charge is -2.23. The van der Waals surface area contributed by atoms with E-state index in [1.54, 1.807) is 11.3 Å². The largest absolute Gasteiger partial charge is 0.406 e. The Hall–Kier alpha value is -1.40. The summed E-state index contributed by atoms with van der Waals surface area (Å²) < 4.78 is 5.60. The first-order valence-electron chi connectivity index (χ1n) is 5.96. The summed E-state index contributed by atoms with van der Waals surface area (Å²) in [4.78, 5) is 3.34. The molecule has 0 amide bonds. The molecule has 6 heteroatoms. The second-order valence-electron chi connectivity index (χ2n) is 4.51. The van der Waals surface area contributed by atoms with Gasteiger partial charge in [-0.15, -0.1) is 16.4 Å². The third-order valence-corrected chi connectivity index (χ3v) is 3.46. The van der Waals surface area contributed by atoms with Crippen LogP contribution in [0.2, 0.25) is 0 Å². The molecule has 18 heavy (non-hydrogen) atoms. The molecule has 0 saturated carbocycles. The molecule has 0 aliphatic heterocycles. The van der Waals surface area contributed by atoms with Crippen LogP contribution >= 0.6 is 11.3 Å². The highest BCUT2D eigenvalue weighted by Gasteiger charge is 2.19. The smallest absolute Gasteiger partial charge is 0.318 e. The minimum Gasteiger partial charge on any atom is -0.406 e. The molecular formula is C12H18N4OS. The number of hydrogen-bond acceptors (Lipinski definition) is 6. The number of thiophene rings is 1. The second kappa shape index (κ2) is 5.49. The van der Waals surface area contributed by atoms with Gasteiger partial charge in [-0.05, 0) is 32.2 Å². The maximum absolute atomic E-state index is 5.73. The summed E-state index contributed by atoms with van der Waals surface area (Å²) in [5, 5.41) is 10.1. The van der Waals surface area contributed by atoms with Gasteiger partial charge < -0.3 is 15.1 Å². The van der Waals surface area contributed by atoms with Crippen molar-refractivity contribution in [2.45, 2.75) is 39.4 Å². The van der Waals surface area contributed by atoms with Gasteiger partial charge in [0.2, 0.25) is 5.89 Å². The van der Waals surface area contributed by atoms with Crippen molar-refractivity contribution < 1.29 is 4.42 Å². The van der Waals surface area contributed by atoms with Crippen LogP contribution in [-0.2, 0) is 6.54 Å². The molecule has 2 aromatic heterocycles. The van der Waals surface area contributed by atoms with Crippen LogP contribution in [0.5, 0.6) is 0 Å². The van der Waals surface area contributed by atoms with E-state index in [-0.39, 0.29) is 12.1 Å². The summed E-state index contributed by atoms with van der Waals surface area (Å²) in [7, 11) is 0. The third-order valence-electron chi connectivity index (χ3n) is 2.59. The van der Waals surface area contributed by atoms with Gasteiger partial charge in [0.1, 0.15) is 0 Å². The second-order valence-corrected chi connectivity index (χ2v) is 5.54. The fraction of sp³-hybridized carbons (Fsp3) is 0.500. The molecule has 0 aliphatic carbocycles. The molecule has 2 heterocycles. The minimum atomic E-state index is -0.234. The summed E-state index contributed by atoms with van der Waals surface area (Å²) in [6, 6.07) is 4.73. The van der Waals surface area contributed by atoms with E-state index in [9.17, 15) is 0 Å². The first kappa shape index (κ1) is 13.0. The number of nitrogens with two attached hydrogens (primary N) is 1. The van der Waals surface area contributed by atoms with Gasteiger partial charge >= 0.3 is 6.01 Å². The molecule has 0 spiro atoms. The molecule has 2 aromatic rings. The molecular weight excluding hydrogens is 248 g/mol. The van der Waals surface area contributed by atoms with Crippen molar-refractivity contribution in [1.29, 1.82) is 0 Å². The van der Waals surface area contributed by atoms with E-state index in [2.05, 4.69) is 40.4 Å². The summed E-state index contributed by atoms with van der Waals surface area (Å²) in [6.45, 7) is 6.80. The average Bonchev–Trinajstić information content (AvgIpc) is 2.96. The molecule has 0 fully saturated rings. The molecule has 0 aliphatic rings. The molecule has 98 valence electrons. The van der Waals surface area contributed by atoms with Crippen LogP contribution in [0.4, 0.5) is 6.01 Å². The number of nitrogens with zero attached hydrogens (tertiary/aromatic N) is 3. The van der Waals surface area contributed by atoms with Gasteiger partial charge in [-0.1, -0.05) is 11.2 Å². The van der Waals surface area contributed by atoms with Gasteiger partial charge in [0.05, 0.1) is 12.6 Å². The fourth-order valence-corrected chi connectivity index (χ4v) is 2.27. The van der Waals surface area contributed by atoms with Gasteiger partial charge in [-0.2, -0.15) is 0 Å². The zero-order valence-corrected chi connectivity index (χ0v) is 11.6. The van der Waals surface area contributed by atoms with Crippen molar-refractivity contribution in [3.8, 4) is 0 Å². The molecule has 0 aromatic carbocycles. The average molecular weight is 266 g/mol. The molecule has 1 atom stereocenters. The van der Waals surface area contributed by atoms with Gasteiger partial charge in [0, 0.05) is 10.9 Å². The van der Waals surface area contributed by atoms with Crippen molar-refractivity contribution in [3.63, 3.8) is 0 Å². The Labute approximate surface area is 111 Å². The molecule has 0 radical (unpaired) electrons. The Kier molecular flexibility index (Phi) is 3.98. The van der Waals surface area contributed by atoms with Crippen molar-refractivity contribution in [1.82, 2.24) is 10.2 Å². The van der Waals surface area contributed by atoms with Gasteiger partial charge in [0.25, 0.3) is 0 Å². The maximum Gasteiger partial charge on any atom is 0.318 e. The third kappa shape index (κ3) is 2.88. The van der Waals surface area contributed by atoms with Crippen LogP contribution in [0, 0.1) is 0 Å².